The van der Waals surface area contributed by atoms with Crippen LogP contribution in [0.2, 0.25) is 0 Å². The third-order valence-electron chi connectivity index (χ3n) is 7.86. The van der Waals surface area contributed by atoms with E-state index >= 15 is 0 Å². The predicted octanol–water partition coefficient (Wildman–Crippen LogP) is 5.38. The molecule has 0 aliphatic heterocycles. The largest absolute Gasteiger partial charge is 0.493 e. The van der Waals surface area contributed by atoms with Crippen molar-refractivity contribution in [2.75, 3.05) is 50.7 Å². The highest BCUT2D eigenvalue weighted by molar-refractivity contribution is 5.52. The Bertz CT molecular complexity index is 1020. The molecule has 210 valence electrons. The second kappa shape index (κ2) is 13.9. The Morgan fingerprint density at radius 2 is 1.53 bits per heavy atom. The number of hydrogen-bond acceptors (Lipinski definition) is 8. The highest BCUT2D eigenvalue weighted by Crippen LogP contribution is 2.36. The first-order chi connectivity index (χ1) is 18.6. The molecule has 2 aromatic rings. The molecule has 1 fully saturated rings. The molecular weight excluding hydrogens is 478 g/mol. The van der Waals surface area contributed by atoms with Crippen molar-refractivity contribution in [2.24, 2.45) is 5.92 Å². The fraction of sp³-hybridized carbons (Fsp3) is 0.667. The first kappa shape index (κ1) is 28.3. The molecule has 1 aromatic carbocycles. The van der Waals surface area contributed by atoms with Crippen molar-refractivity contribution in [1.29, 1.82) is 0 Å². The topological polar surface area (TPSA) is 80.8 Å². The van der Waals surface area contributed by atoms with Crippen LogP contribution >= 0.6 is 0 Å². The summed E-state index contributed by atoms with van der Waals surface area (Å²) in [7, 11) is 4.14. The van der Waals surface area contributed by atoms with Crippen LogP contribution in [0.25, 0.3) is 0 Å². The summed E-state index contributed by atoms with van der Waals surface area (Å²) in [5.74, 6) is 4.95. The molecule has 2 aliphatic carbocycles. The number of aryl methyl sites for hydroxylation is 1. The van der Waals surface area contributed by atoms with E-state index in [1.165, 1.54) is 49.8 Å². The van der Waals surface area contributed by atoms with Gasteiger partial charge in [-0.05, 0) is 90.7 Å². The van der Waals surface area contributed by atoms with E-state index in [1.54, 1.807) is 0 Å². The molecule has 2 aliphatic rings. The van der Waals surface area contributed by atoms with Crippen molar-refractivity contribution >= 4 is 11.8 Å². The van der Waals surface area contributed by atoms with Crippen LogP contribution < -0.4 is 29.7 Å². The Morgan fingerprint density at radius 3 is 2.21 bits per heavy atom. The van der Waals surface area contributed by atoms with Crippen LogP contribution in [0.15, 0.2) is 12.1 Å². The van der Waals surface area contributed by atoms with Crippen LogP contribution in [0.5, 0.6) is 17.2 Å². The molecule has 0 unspecified atom stereocenters. The summed E-state index contributed by atoms with van der Waals surface area (Å²) in [5, 5.41) is 7.01. The number of nitrogens with zero attached hydrogens (tertiary/aromatic N) is 3. The van der Waals surface area contributed by atoms with Crippen molar-refractivity contribution in [3.05, 3.63) is 29.0 Å². The van der Waals surface area contributed by atoms with Gasteiger partial charge in [-0.1, -0.05) is 0 Å². The van der Waals surface area contributed by atoms with Crippen LogP contribution in [0.4, 0.5) is 11.8 Å². The van der Waals surface area contributed by atoms with Gasteiger partial charge in [-0.3, -0.25) is 0 Å². The summed E-state index contributed by atoms with van der Waals surface area (Å²) in [6.45, 7) is 9.55. The highest BCUT2D eigenvalue weighted by Gasteiger charge is 2.27. The summed E-state index contributed by atoms with van der Waals surface area (Å²) < 4.78 is 17.6. The van der Waals surface area contributed by atoms with Crippen molar-refractivity contribution in [3.8, 4) is 17.2 Å². The summed E-state index contributed by atoms with van der Waals surface area (Å²) in [6, 6.07) is 4.52. The van der Waals surface area contributed by atoms with E-state index in [2.05, 4.69) is 28.6 Å². The van der Waals surface area contributed by atoms with Gasteiger partial charge in [-0.2, -0.15) is 4.98 Å². The number of anilines is 2. The number of rotatable bonds is 13. The quantitative estimate of drug-likeness (QED) is 0.361. The molecule has 2 N–H and O–H groups in total. The van der Waals surface area contributed by atoms with E-state index in [1.807, 2.05) is 33.9 Å². The number of aromatic nitrogens is 2. The number of ether oxygens (including phenoxy) is 3. The van der Waals surface area contributed by atoms with E-state index in [9.17, 15) is 0 Å². The lowest BCUT2D eigenvalue weighted by molar-refractivity contribution is 0.280. The zero-order chi connectivity index (χ0) is 26.9. The van der Waals surface area contributed by atoms with Crippen LogP contribution in [-0.2, 0) is 19.4 Å². The first-order valence-electron chi connectivity index (χ1n) is 14.6. The highest BCUT2D eigenvalue weighted by atomic mass is 16.5. The molecule has 0 spiro atoms. The van der Waals surface area contributed by atoms with Gasteiger partial charge in [-0.15, -0.1) is 0 Å². The average molecular weight is 526 g/mol. The Morgan fingerprint density at radius 1 is 0.868 bits per heavy atom. The predicted molar refractivity (Wildman–Crippen MR) is 154 cm³/mol. The zero-order valence-electron chi connectivity index (χ0n) is 24.1. The number of benzene rings is 1. The molecule has 0 bridgehead atoms. The summed E-state index contributed by atoms with van der Waals surface area (Å²) in [4.78, 5) is 12.2. The molecular formula is C30H47N5O3. The van der Waals surface area contributed by atoms with Gasteiger partial charge in [0, 0.05) is 43.9 Å². The lowest BCUT2D eigenvalue weighted by atomic mass is 9.85. The maximum Gasteiger partial charge on any atom is 0.227 e. The molecule has 8 heteroatoms. The normalized spacial score (nSPS) is 19.0. The van der Waals surface area contributed by atoms with Crippen molar-refractivity contribution in [2.45, 2.75) is 84.7 Å². The van der Waals surface area contributed by atoms with Gasteiger partial charge in [-0.25, -0.2) is 4.98 Å². The molecule has 0 atom stereocenters. The van der Waals surface area contributed by atoms with Crippen molar-refractivity contribution in [1.82, 2.24) is 15.3 Å². The number of fused-ring (bicyclic) bond motifs is 1. The monoisotopic (exact) mass is 525 g/mol. The minimum absolute atomic E-state index is 0.488. The summed E-state index contributed by atoms with van der Waals surface area (Å²) in [6.07, 6.45) is 9.36. The summed E-state index contributed by atoms with van der Waals surface area (Å²) >= 11 is 0. The molecule has 1 saturated carbocycles. The lowest BCUT2D eigenvalue weighted by Gasteiger charge is -2.35. The molecule has 4 rings (SSSR count). The van der Waals surface area contributed by atoms with Crippen LogP contribution in [0.3, 0.4) is 0 Å². The summed E-state index contributed by atoms with van der Waals surface area (Å²) in [5.41, 5.74) is 3.67. The van der Waals surface area contributed by atoms with Crippen LogP contribution in [0, 0.1) is 5.92 Å². The fourth-order valence-electron chi connectivity index (χ4n) is 5.80. The molecule has 38 heavy (non-hydrogen) atoms. The Hall–Kier alpha value is -2.74. The molecule has 1 heterocycles. The molecule has 0 saturated heterocycles. The van der Waals surface area contributed by atoms with Crippen LogP contribution in [-0.4, -0.2) is 56.5 Å². The minimum Gasteiger partial charge on any atom is -0.493 e. The maximum absolute atomic E-state index is 5.94. The fourth-order valence-corrected chi connectivity index (χ4v) is 5.80. The minimum atomic E-state index is 0.488. The second-order valence-corrected chi connectivity index (χ2v) is 10.4. The SMILES string of the molecule is CCOc1cc(OCC)c(OCC)cc1CNCC1CCC(N(C)c2nc3c(c(NC)n2)CCCC3)CC1. The maximum atomic E-state index is 5.94. The zero-order valence-corrected chi connectivity index (χ0v) is 24.1. The average Bonchev–Trinajstić information content (AvgIpc) is 2.94. The van der Waals surface area contributed by atoms with Crippen LogP contribution in [0.1, 0.15) is 76.1 Å². The van der Waals surface area contributed by atoms with E-state index in [-0.39, 0.29) is 0 Å². The van der Waals surface area contributed by atoms with Gasteiger partial charge in [0.25, 0.3) is 0 Å². The number of hydrogen-bond donors (Lipinski definition) is 2. The third-order valence-corrected chi connectivity index (χ3v) is 7.86. The lowest BCUT2D eigenvalue weighted by Crippen LogP contribution is -2.38. The van der Waals surface area contributed by atoms with E-state index < -0.39 is 0 Å². The smallest absolute Gasteiger partial charge is 0.227 e. The third kappa shape index (κ3) is 6.82. The standard InChI is InChI=1S/C30H47N5O3/c1-6-36-26-18-28(38-8-3)27(37-7-2)17-22(26)20-32-19-21-13-15-23(16-14-21)35(5)30-33-25-12-10-9-11-24(25)29(31-4)34-30/h17-18,21,23,32H,6-16,19-20H2,1-5H3,(H,31,33,34). The van der Waals surface area contributed by atoms with E-state index in [0.29, 0.717) is 31.8 Å². The molecule has 1 aromatic heterocycles. The van der Waals surface area contributed by atoms with Crippen molar-refractivity contribution in [3.63, 3.8) is 0 Å². The van der Waals surface area contributed by atoms with E-state index in [4.69, 9.17) is 24.2 Å². The Kier molecular flexibility index (Phi) is 10.3. The molecule has 0 radical (unpaired) electrons. The van der Waals surface area contributed by atoms with E-state index in [0.717, 1.165) is 60.5 Å². The Balaban J connectivity index is 1.32. The Labute approximate surface area is 228 Å². The van der Waals surface area contributed by atoms with Gasteiger partial charge in [0.05, 0.1) is 25.5 Å². The van der Waals surface area contributed by atoms with Crippen molar-refractivity contribution < 1.29 is 14.2 Å². The van der Waals surface area contributed by atoms with Gasteiger partial charge in [0.15, 0.2) is 11.5 Å². The first-order valence-corrected chi connectivity index (χ1v) is 14.6. The van der Waals surface area contributed by atoms with Gasteiger partial charge >= 0.3 is 0 Å². The van der Waals surface area contributed by atoms with Gasteiger partial charge in [0.1, 0.15) is 11.6 Å². The van der Waals surface area contributed by atoms with Gasteiger partial charge < -0.3 is 29.7 Å². The molecule has 0 amide bonds. The second-order valence-electron chi connectivity index (χ2n) is 10.4. The molecule has 8 nitrogen and oxygen atoms in total. The number of nitrogens with one attached hydrogen (secondary N) is 2. The van der Waals surface area contributed by atoms with Gasteiger partial charge in [0.2, 0.25) is 5.95 Å².